The molecule has 0 spiro atoms. The zero-order chi connectivity index (χ0) is 21.3. The van der Waals surface area contributed by atoms with Gasteiger partial charge in [-0.25, -0.2) is 0 Å². The maximum absolute atomic E-state index is 10.9. The van der Waals surface area contributed by atoms with Crippen LogP contribution >= 0.6 is 0 Å². The molecule has 0 aliphatic rings. The predicted molar refractivity (Wildman–Crippen MR) is 108 cm³/mol. The minimum Gasteiger partial charge on any atom is -0.481 e. The lowest BCUT2D eigenvalue weighted by atomic mass is 10.1. The van der Waals surface area contributed by atoms with Crippen LogP contribution in [0.3, 0.4) is 0 Å². The number of carboxylic acids is 3. The van der Waals surface area contributed by atoms with E-state index >= 15 is 0 Å². The highest BCUT2D eigenvalue weighted by Gasteiger charge is 2.27. The molecule has 0 aliphatic carbocycles. The van der Waals surface area contributed by atoms with E-state index in [9.17, 15) is 14.4 Å². The number of unbranched alkanes of at least 4 members (excludes halogenated alkanes) is 3. The third-order valence-electron chi connectivity index (χ3n) is 4.94. The van der Waals surface area contributed by atoms with Crippen LogP contribution in [0.15, 0.2) is 12.2 Å². The predicted octanol–water partition coefficient (Wildman–Crippen LogP) is 3.92. The summed E-state index contributed by atoms with van der Waals surface area (Å²) in [5.74, 6) is -2.51. The van der Waals surface area contributed by atoms with E-state index in [1.807, 2.05) is 0 Å². The minimum atomic E-state index is -0.838. The van der Waals surface area contributed by atoms with Crippen LogP contribution < -0.4 is 0 Å². The number of rotatable bonds is 19. The Hall–Kier alpha value is -1.89. The Morgan fingerprint density at radius 1 is 0.643 bits per heavy atom. The third kappa shape index (κ3) is 15.2. The molecule has 7 nitrogen and oxygen atoms in total. The normalized spacial score (nSPS) is 11.8. The first kappa shape index (κ1) is 26.1. The van der Waals surface area contributed by atoms with Gasteiger partial charge in [0.2, 0.25) is 0 Å². The summed E-state index contributed by atoms with van der Waals surface area (Å²) in [6, 6.07) is 0. The summed E-state index contributed by atoms with van der Waals surface area (Å²) in [5.41, 5.74) is 0. The average molecular weight is 401 g/mol. The molecule has 0 fully saturated rings. The van der Waals surface area contributed by atoms with Crippen LogP contribution in [0.2, 0.25) is 0 Å². The average Bonchev–Trinajstić information content (AvgIpc) is 2.60. The zero-order valence-corrected chi connectivity index (χ0v) is 17.3. The van der Waals surface area contributed by atoms with Crippen molar-refractivity contribution in [2.75, 3.05) is 26.2 Å². The van der Waals surface area contributed by atoms with Gasteiger partial charge in [-0.05, 0) is 25.7 Å². The number of nitrogens with zero attached hydrogens (tertiary/aromatic N) is 1. The molecule has 162 valence electrons. The van der Waals surface area contributed by atoms with Crippen LogP contribution in [-0.2, 0) is 14.4 Å². The molecule has 3 N–H and O–H groups in total. The molecule has 0 unspecified atom stereocenters. The molecule has 7 heteroatoms. The van der Waals surface area contributed by atoms with Crippen molar-refractivity contribution in [1.82, 2.24) is 0 Å². The summed E-state index contributed by atoms with van der Waals surface area (Å²) in [6.45, 7) is 4.92. The van der Waals surface area contributed by atoms with E-state index < -0.39 is 17.9 Å². The highest BCUT2D eigenvalue weighted by molar-refractivity contribution is 5.67. The Morgan fingerprint density at radius 3 is 1.43 bits per heavy atom. The SMILES string of the molecule is CCC/C=C/CCCC[N+](CCCC(=O)O)(CCCC(=O)O)CCCC(=O)O. The standard InChI is InChI=1S/C21H37NO6/c1-2-3-4-5-6-7-8-15-22(16-9-12-19(23)24,17-10-13-20(25)26)18-11-14-21(27)28/h4-5H,2-3,6-18H2,1H3,(H2-,23,24,25,26,27,28)/p+1/b5-4+. The van der Waals surface area contributed by atoms with Crippen molar-refractivity contribution in [2.24, 2.45) is 0 Å². The zero-order valence-electron chi connectivity index (χ0n) is 17.3. The lowest BCUT2D eigenvalue weighted by Crippen LogP contribution is -2.51. The van der Waals surface area contributed by atoms with Crippen LogP contribution in [0.1, 0.15) is 77.6 Å². The Morgan fingerprint density at radius 2 is 1.04 bits per heavy atom. The van der Waals surface area contributed by atoms with Crippen molar-refractivity contribution < 1.29 is 34.2 Å². The van der Waals surface area contributed by atoms with Crippen molar-refractivity contribution in [3.8, 4) is 0 Å². The van der Waals surface area contributed by atoms with Gasteiger partial charge in [-0.15, -0.1) is 0 Å². The van der Waals surface area contributed by atoms with E-state index in [0.717, 1.165) is 38.6 Å². The number of aliphatic carboxylic acids is 3. The molecule has 0 radical (unpaired) electrons. The van der Waals surface area contributed by atoms with Gasteiger partial charge in [0.1, 0.15) is 0 Å². The second-order valence-corrected chi connectivity index (χ2v) is 7.48. The van der Waals surface area contributed by atoms with Crippen molar-refractivity contribution in [2.45, 2.75) is 77.6 Å². The van der Waals surface area contributed by atoms with E-state index in [-0.39, 0.29) is 19.3 Å². The number of carbonyl (C=O) groups is 3. The summed E-state index contributed by atoms with van der Waals surface area (Å²) in [6.07, 6.45) is 11.4. The Balaban J connectivity index is 4.87. The van der Waals surface area contributed by atoms with Crippen LogP contribution in [0.5, 0.6) is 0 Å². The summed E-state index contributed by atoms with van der Waals surface area (Å²) in [5, 5.41) is 26.9. The fraction of sp³-hybridized carbons (Fsp3) is 0.762. The molecule has 0 bridgehead atoms. The number of hydrogen-bond acceptors (Lipinski definition) is 3. The Labute approximate surface area is 168 Å². The summed E-state index contributed by atoms with van der Waals surface area (Å²) in [4.78, 5) is 32.7. The van der Waals surface area contributed by atoms with E-state index in [2.05, 4.69) is 19.1 Å². The van der Waals surface area contributed by atoms with E-state index in [4.69, 9.17) is 15.3 Å². The maximum Gasteiger partial charge on any atom is 0.303 e. The highest BCUT2D eigenvalue weighted by atomic mass is 16.4. The van der Waals surface area contributed by atoms with Gasteiger partial charge in [0, 0.05) is 19.3 Å². The molecule has 28 heavy (non-hydrogen) atoms. The smallest absolute Gasteiger partial charge is 0.303 e. The van der Waals surface area contributed by atoms with Crippen LogP contribution in [0, 0.1) is 0 Å². The van der Waals surface area contributed by atoms with E-state index in [1.54, 1.807) is 0 Å². The molecular formula is C21H38NO6+. The molecule has 0 aromatic heterocycles. The fourth-order valence-corrected chi connectivity index (χ4v) is 3.48. The largest absolute Gasteiger partial charge is 0.481 e. The molecule has 0 atom stereocenters. The molecule has 0 saturated carbocycles. The number of carboxylic acid groups (broad SMARTS) is 3. The molecule has 0 amide bonds. The Kier molecular flexibility index (Phi) is 15.0. The molecule has 0 aliphatic heterocycles. The molecule has 0 heterocycles. The van der Waals surface area contributed by atoms with Crippen molar-refractivity contribution in [3.63, 3.8) is 0 Å². The number of hydrogen-bond donors (Lipinski definition) is 3. The van der Waals surface area contributed by atoms with Crippen molar-refractivity contribution >= 4 is 17.9 Å². The first-order chi connectivity index (χ1) is 13.3. The first-order valence-electron chi connectivity index (χ1n) is 10.5. The third-order valence-corrected chi connectivity index (χ3v) is 4.94. The van der Waals surface area contributed by atoms with Gasteiger partial charge in [0.05, 0.1) is 45.4 Å². The van der Waals surface area contributed by atoms with Crippen molar-refractivity contribution in [3.05, 3.63) is 12.2 Å². The minimum absolute atomic E-state index is 0.0810. The number of allylic oxidation sites excluding steroid dienone is 2. The highest BCUT2D eigenvalue weighted by Crippen LogP contribution is 2.17. The monoisotopic (exact) mass is 400 g/mol. The molecule has 0 aromatic carbocycles. The maximum atomic E-state index is 10.9. The summed E-state index contributed by atoms with van der Waals surface area (Å²) in [7, 11) is 0. The van der Waals surface area contributed by atoms with Crippen LogP contribution in [-0.4, -0.2) is 63.9 Å². The van der Waals surface area contributed by atoms with Crippen LogP contribution in [0.4, 0.5) is 0 Å². The topological polar surface area (TPSA) is 112 Å². The van der Waals surface area contributed by atoms with E-state index in [0.29, 0.717) is 43.4 Å². The van der Waals surface area contributed by atoms with Crippen LogP contribution in [0.25, 0.3) is 0 Å². The first-order valence-corrected chi connectivity index (χ1v) is 10.5. The van der Waals surface area contributed by atoms with Gasteiger partial charge in [0.25, 0.3) is 0 Å². The quantitative estimate of drug-likeness (QED) is 0.172. The van der Waals surface area contributed by atoms with Gasteiger partial charge in [-0.1, -0.05) is 25.5 Å². The second-order valence-electron chi connectivity index (χ2n) is 7.48. The molecule has 0 aromatic rings. The lowest BCUT2D eigenvalue weighted by Gasteiger charge is -2.39. The fourth-order valence-electron chi connectivity index (χ4n) is 3.48. The second kappa shape index (κ2) is 16.1. The van der Waals surface area contributed by atoms with Gasteiger partial charge in [-0.2, -0.15) is 0 Å². The van der Waals surface area contributed by atoms with Crippen molar-refractivity contribution in [1.29, 1.82) is 0 Å². The summed E-state index contributed by atoms with van der Waals surface area (Å²) >= 11 is 0. The summed E-state index contributed by atoms with van der Waals surface area (Å²) < 4.78 is 0.618. The van der Waals surface area contributed by atoms with Gasteiger partial charge in [-0.3, -0.25) is 14.4 Å². The van der Waals surface area contributed by atoms with Gasteiger partial charge in [0.15, 0.2) is 0 Å². The lowest BCUT2D eigenvalue weighted by molar-refractivity contribution is -0.929. The molecular weight excluding hydrogens is 362 g/mol. The van der Waals surface area contributed by atoms with Gasteiger partial charge < -0.3 is 19.8 Å². The number of quaternary nitrogens is 1. The van der Waals surface area contributed by atoms with E-state index in [1.165, 1.54) is 0 Å². The Bertz CT molecular complexity index is 439. The molecule has 0 rings (SSSR count). The van der Waals surface area contributed by atoms with Gasteiger partial charge >= 0.3 is 17.9 Å². The molecule has 0 saturated heterocycles.